The van der Waals surface area contributed by atoms with Gasteiger partial charge in [0.1, 0.15) is 0 Å². The van der Waals surface area contributed by atoms with E-state index in [1.54, 1.807) is 0 Å². The van der Waals surface area contributed by atoms with Gasteiger partial charge in [-0.15, -0.1) is 0 Å². The molecule has 10 heavy (non-hydrogen) atoms. The van der Waals surface area contributed by atoms with E-state index in [1.807, 2.05) is 0 Å². The number of aliphatic carboxylic acids is 1. The zero-order chi connectivity index (χ0) is 8.08. The fraction of sp³-hybridized carbons (Fsp3) is 0.500. The largest absolute Gasteiger partial charge is 0.726 e. The first-order chi connectivity index (χ1) is 3.73. The van der Waals surface area contributed by atoms with Gasteiger partial charge in [0.2, 0.25) is 10.4 Å². The maximum absolute atomic E-state index is 9.00. The normalized spacial score (nSPS) is 8.30. The molecule has 0 aliphatic heterocycles. The van der Waals surface area contributed by atoms with Crippen LogP contribution < -0.4 is 0 Å². The molecule has 0 heterocycles. The Balaban J connectivity index is -0.0000000910. The van der Waals surface area contributed by atoms with Crippen LogP contribution in [0.25, 0.3) is 0 Å². The van der Waals surface area contributed by atoms with Crippen LogP contribution in [-0.2, 0) is 32.0 Å². The van der Waals surface area contributed by atoms with E-state index in [1.165, 1.54) is 0 Å². The van der Waals surface area contributed by atoms with Gasteiger partial charge in [0.25, 0.3) is 5.97 Å². The maximum atomic E-state index is 9.00. The van der Waals surface area contributed by atoms with Crippen molar-refractivity contribution >= 4 is 16.4 Å². The summed E-state index contributed by atoms with van der Waals surface area (Å²) in [6.07, 6.45) is 0. The van der Waals surface area contributed by atoms with Crippen LogP contribution >= 0.6 is 0 Å². The Morgan fingerprint density at radius 2 is 1.50 bits per heavy atom. The molecule has 0 aromatic rings. The van der Waals surface area contributed by atoms with Crippen LogP contribution in [-0.4, -0.2) is 28.6 Å². The minimum Gasteiger partial charge on any atom is -0.726 e. The summed E-state index contributed by atoms with van der Waals surface area (Å²) in [6, 6.07) is 0. The fourth-order valence-corrected chi connectivity index (χ4v) is 0. The molecule has 0 aromatic heterocycles. The van der Waals surface area contributed by atoms with Crippen LogP contribution in [0.1, 0.15) is 6.92 Å². The molecular weight excluding hydrogens is 211 g/mol. The summed E-state index contributed by atoms with van der Waals surface area (Å²) in [5.74, 6) is -0.833. The minimum atomic E-state index is -4.92. The summed E-state index contributed by atoms with van der Waals surface area (Å²) in [5, 5.41) is 7.42. The molecule has 0 spiro atoms. The van der Waals surface area contributed by atoms with Gasteiger partial charge in [0.05, 0.1) is 0 Å². The molecule has 1 radical (unpaired) electrons. The molecule has 0 atom stereocenters. The molecular formula is C2H5CoO6S-. The van der Waals surface area contributed by atoms with Crippen LogP contribution in [0.4, 0.5) is 0 Å². The Morgan fingerprint density at radius 3 is 1.50 bits per heavy atom. The first-order valence-corrected chi connectivity index (χ1v) is 2.98. The second kappa shape index (κ2) is 6.96. The molecule has 0 aliphatic carbocycles. The predicted molar refractivity (Wildman–Crippen MR) is 25.6 cm³/mol. The smallest absolute Gasteiger partial charge is 0.300 e. The van der Waals surface area contributed by atoms with Gasteiger partial charge in [0, 0.05) is 23.7 Å². The molecule has 2 N–H and O–H groups in total. The Bertz CT molecular complexity index is 158. The molecule has 0 fully saturated rings. The van der Waals surface area contributed by atoms with Crippen LogP contribution in [0.3, 0.4) is 0 Å². The summed E-state index contributed by atoms with van der Waals surface area (Å²) >= 11 is 0. The summed E-state index contributed by atoms with van der Waals surface area (Å²) in [4.78, 5) is 9.00. The molecule has 0 saturated heterocycles. The SMILES string of the molecule is CC(=O)O.O=S(=O)([O-])O.[Co]. The summed E-state index contributed by atoms with van der Waals surface area (Å²) in [5.41, 5.74) is 0. The van der Waals surface area contributed by atoms with Crippen molar-refractivity contribution in [3.8, 4) is 0 Å². The summed E-state index contributed by atoms with van der Waals surface area (Å²) in [6.45, 7) is 1.08. The second-order valence-electron chi connectivity index (χ2n) is 0.947. The number of hydrogen-bond acceptors (Lipinski definition) is 4. The molecule has 0 saturated carbocycles. The molecule has 0 unspecified atom stereocenters. The van der Waals surface area contributed by atoms with Gasteiger partial charge < -0.3 is 9.66 Å². The molecule has 6 nitrogen and oxygen atoms in total. The summed E-state index contributed by atoms with van der Waals surface area (Å²) < 4.78 is 32.8. The Hall–Kier alpha value is -0.154. The van der Waals surface area contributed by atoms with Crippen LogP contribution in [0.5, 0.6) is 0 Å². The quantitative estimate of drug-likeness (QED) is 0.400. The van der Waals surface area contributed by atoms with Crippen LogP contribution in [0.15, 0.2) is 0 Å². The molecule has 65 valence electrons. The summed E-state index contributed by atoms with van der Waals surface area (Å²) in [7, 11) is -4.92. The third-order valence-corrected chi connectivity index (χ3v) is 0. The van der Waals surface area contributed by atoms with E-state index in [9.17, 15) is 0 Å². The van der Waals surface area contributed by atoms with Crippen molar-refractivity contribution in [1.82, 2.24) is 0 Å². The Labute approximate surface area is 68.0 Å². The van der Waals surface area contributed by atoms with Crippen molar-refractivity contribution in [3.05, 3.63) is 0 Å². The van der Waals surface area contributed by atoms with Crippen molar-refractivity contribution in [3.63, 3.8) is 0 Å². The average Bonchev–Trinajstić information content (AvgIpc) is 1.19. The number of carboxylic acids is 1. The predicted octanol–water partition coefficient (Wildman–Crippen LogP) is -0.907. The van der Waals surface area contributed by atoms with E-state index in [4.69, 9.17) is 27.4 Å². The fourth-order valence-electron chi connectivity index (χ4n) is 0. The maximum Gasteiger partial charge on any atom is 0.300 e. The monoisotopic (exact) mass is 216 g/mol. The number of hydrogen-bond donors (Lipinski definition) is 2. The first-order valence-electron chi connectivity index (χ1n) is 1.61. The minimum absolute atomic E-state index is 0. The number of carboxylic acid groups (broad SMARTS) is 1. The first kappa shape index (κ1) is 16.4. The van der Waals surface area contributed by atoms with Gasteiger partial charge in [-0.3, -0.25) is 9.35 Å². The molecule has 0 rings (SSSR count). The topological polar surface area (TPSA) is 115 Å². The van der Waals surface area contributed by atoms with Gasteiger partial charge in [-0.2, -0.15) is 0 Å². The van der Waals surface area contributed by atoms with Crippen molar-refractivity contribution < 1.29 is 44.2 Å². The molecule has 0 bridgehead atoms. The molecule has 0 aromatic carbocycles. The Morgan fingerprint density at radius 1 is 1.50 bits per heavy atom. The van der Waals surface area contributed by atoms with E-state index >= 15 is 0 Å². The van der Waals surface area contributed by atoms with E-state index in [-0.39, 0.29) is 16.8 Å². The van der Waals surface area contributed by atoms with Gasteiger partial charge in [-0.1, -0.05) is 0 Å². The zero-order valence-corrected chi connectivity index (χ0v) is 6.63. The van der Waals surface area contributed by atoms with Gasteiger partial charge >= 0.3 is 0 Å². The van der Waals surface area contributed by atoms with Gasteiger partial charge in [0.15, 0.2) is 0 Å². The molecule has 0 aliphatic rings. The third-order valence-electron chi connectivity index (χ3n) is 0. The number of rotatable bonds is 0. The van der Waals surface area contributed by atoms with Gasteiger partial charge in [-0.05, 0) is 0 Å². The molecule has 0 amide bonds. The zero-order valence-electron chi connectivity index (χ0n) is 4.77. The van der Waals surface area contributed by atoms with Crippen LogP contribution in [0, 0.1) is 0 Å². The second-order valence-corrected chi connectivity index (χ2v) is 1.80. The van der Waals surface area contributed by atoms with E-state index in [2.05, 4.69) is 0 Å². The molecule has 8 heteroatoms. The van der Waals surface area contributed by atoms with Crippen molar-refractivity contribution in [1.29, 1.82) is 0 Å². The average molecular weight is 216 g/mol. The van der Waals surface area contributed by atoms with Gasteiger partial charge in [-0.25, -0.2) is 8.42 Å². The van der Waals surface area contributed by atoms with E-state index in [0.717, 1.165) is 6.92 Å². The van der Waals surface area contributed by atoms with Crippen molar-refractivity contribution in [2.75, 3.05) is 0 Å². The van der Waals surface area contributed by atoms with Crippen molar-refractivity contribution in [2.24, 2.45) is 0 Å². The van der Waals surface area contributed by atoms with E-state index < -0.39 is 16.4 Å². The van der Waals surface area contributed by atoms with E-state index in [0.29, 0.717) is 0 Å². The standard InChI is InChI=1S/C2H4O2.Co.H2O4S/c1-2(3)4;;1-5(2,3)4/h1H3,(H,3,4);;(H2,1,2,3,4)/p-1. The Kier molecular flexibility index (Phi) is 11.4. The van der Waals surface area contributed by atoms with Crippen LogP contribution in [0.2, 0.25) is 0 Å². The van der Waals surface area contributed by atoms with Crippen molar-refractivity contribution in [2.45, 2.75) is 6.92 Å². The third kappa shape index (κ3) is 15600. The number of carbonyl (C=O) groups is 1.